The van der Waals surface area contributed by atoms with E-state index in [1.165, 1.54) is 77.0 Å². The number of rotatable bonds is 27. The third-order valence-electron chi connectivity index (χ3n) is 10.3. The number of hydrogen-bond acceptors (Lipinski definition) is 6. The van der Waals surface area contributed by atoms with Crippen LogP contribution in [-0.4, -0.2) is 81.7 Å². The van der Waals surface area contributed by atoms with E-state index >= 15 is 0 Å². The summed E-state index contributed by atoms with van der Waals surface area (Å²) in [4.78, 5) is 0. The summed E-state index contributed by atoms with van der Waals surface area (Å²) in [5.74, 6) is 1.82. The zero-order valence-corrected chi connectivity index (χ0v) is 29.4. The fourth-order valence-corrected chi connectivity index (χ4v) is 7.88. The molecule has 41 heavy (non-hydrogen) atoms. The van der Waals surface area contributed by atoms with E-state index in [4.69, 9.17) is 28.1 Å². The van der Waals surface area contributed by atoms with E-state index in [-0.39, 0.29) is 5.41 Å². The molecule has 3 fully saturated rings. The molecule has 3 heterocycles. The van der Waals surface area contributed by atoms with Crippen molar-refractivity contribution in [2.24, 2.45) is 23.2 Å². The Hall–Kier alpha value is -0.0231. The molecule has 0 aromatic rings. The van der Waals surface area contributed by atoms with Crippen LogP contribution < -0.4 is 0 Å². The predicted octanol–water partition coefficient (Wildman–Crippen LogP) is 6.65. The van der Waals surface area contributed by atoms with E-state index in [2.05, 4.69) is 20.8 Å². The van der Waals surface area contributed by atoms with Gasteiger partial charge in [0.05, 0.1) is 31.5 Å². The summed E-state index contributed by atoms with van der Waals surface area (Å²) in [6.07, 6.45) is 21.0. The smallest absolute Gasteiger partial charge is 0.145 e. The Morgan fingerprint density at radius 1 is 0.683 bits per heavy atom. The molecule has 0 spiro atoms. The maximum Gasteiger partial charge on any atom is 0.145 e. The van der Waals surface area contributed by atoms with E-state index in [9.17, 15) is 0 Å². The van der Waals surface area contributed by atoms with Crippen molar-refractivity contribution < 1.29 is 28.1 Å². The van der Waals surface area contributed by atoms with Crippen LogP contribution in [0.4, 0.5) is 0 Å². The van der Waals surface area contributed by atoms with Crippen LogP contribution in [0.1, 0.15) is 124 Å². The van der Waals surface area contributed by atoms with Crippen LogP contribution >= 0.6 is 0 Å². The Bertz CT molecular complexity index is 603. The minimum atomic E-state index is 0.284. The first-order valence-corrected chi connectivity index (χ1v) is 18.5. The summed E-state index contributed by atoms with van der Waals surface area (Å²) < 4.78 is 35.7. The molecule has 0 amide bonds. The van der Waals surface area contributed by atoms with Gasteiger partial charge in [0, 0.05) is 51.5 Å². The van der Waals surface area contributed by atoms with E-state index in [0.29, 0.717) is 36.1 Å². The summed E-state index contributed by atoms with van der Waals surface area (Å²) in [5, 5.41) is 0. The van der Waals surface area contributed by atoms with Crippen LogP contribution in [0.5, 0.6) is 0 Å². The van der Waals surface area contributed by atoms with Crippen molar-refractivity contribution >= 4 is 10.5 Å². The van der Waals surface area contributed by atoms with Crippen molar-refractivity contribution in [2.45, 2.75) is 142 Å². The van der Waals surface area contributed by atoms with Gasteiger partial charge in [0.15, 0.2) is 0 Å². The SMILES string of the molecule is CCCC(CC(CCCCCOCC(CC)C1CCO1)(CCCCCOCC(CC)C1CCO1)CO[SiH3])C1CCO1. The lowest BCUT2D eigenvalue weighted by molar-refractivity contribution is -0.103. The van der Waals surface area contributed by atoms with Crippen LogP contribution in [0.2, 0.25) is 0 Å². The highest BCUT2D eigenvalue weighted by molar-refractivity contribution is 5.97. The lowest BCUT2D eigenvalue weighted by atomic mass is 9.70. The zero-order chi connectivity index (χ0) is 29.2. The zero-order valence-electron chi connectivity index (χ0n) is 27.4. The fourth-order valence-electron chi connectivity index (χ4n) is 7.27. The molecule has 0 N–H and O–H groups in total. The van der Waals surface area contributed by atoms with Crippen molar-refractivity contribution in [1.29, 1.82) is 0 Å². The molecule has 242 valence electrons. The van der Waals surface area contributed by atoms with E-state index in [0.717, 1.165) is 89.0 Å². The number of hydrogen-bond donors (Lipinski definition) is 0. The molecular weight excluding hydrogens is 532 g/mol. The second kappa shape index (κ2) is 20.8. The quantitative estimate of drug-likeness (QED) is 0.0780. The minimum Gasteiger partial charge on any atom is -0.427 e. The molecule has 0 aliphatic carbocycles. The van der Waals surface area contributed by atoms with Gasteiger partial charge in [-0.05, 0) is 82.0 Å². The van der Waals surface area contributed by atoms with Crippen LogP contribution in [0.3, 0.4) is 0 Å². The van der Waals surface area contributed by atoms with Gasteiger partial charge in [0.25, 0.3) is 0 Å². The molecule has 6 atom stereocenters. The normalized spacial score (nSPS) is 26.0. The predicted molar refractivity (Wildman–Crippen MR) is 171 cm³/mol. The van der Waals surface area contributed by atoms with Crippen molar-refractivity contribution in [3.8, 4) is 0 Å². The topological polar surface area (TPSA) is 55.4 Å². The molecule has 3 aliphatic heterocycles. The third kappa shape index (κ3) is 12.5. The van der Waals surface area contributed by atoms with Gasteiger partial charge in [-0.1, -0.05) is 52.9 Å². The van der Waals surface area contributed by atoms with Gasteiger partial charge in [0.1, 0.15) is 10.5 Å². The number of unbranched alkanes of at least 4 members (excludes halogenated alkanes) is 4. The Balaban J connectivity index is 1.40. The summed E-state index contributed by atoms with van der Waals surface area (Å²) in [6, 6.07) is 0. The highest BCUT2D eigenvalue weighted by atomic mass is 28.2. The third-order valence-corrected chi connectivity index (χ3v) is 10.6. The second-order valence-electron chi connectivity index (χ2n) is 13.4. The van der Waals surface area contributed by atoms with Crippen LogP contribution in [0.25, 0.3) is 0 Å². The molecule has 0 bridgehead atoms. The summed E-state index contributed by atoms with van der Waals surface area (Å²) in [6.45, 7) is 14.1. The fraction of sp³-hybridized carbons (Fsp3) is 1.00. The molecule has 3 saturated heterocycles. The van der Waals surface area contributed by atoms with Crippen LogP contribution in [-0.2, 0) is 28.1 Å². The Labute approximate surface area is 256 Å². The van der Waals surface area contributed by atoms with Gasteiger partial charge in [-0.15, -0.1) is 0 Å². The Kier molecular flexibility index (Phi) is 18.0. The van der Waals surface area contributed by atoms with Crippen molar-refractivity contribution in [3.63, 3.8) is 0 Å². The average molecular weight is 599 g/mol. The first kappa shape index (κ1) is 35.5. The lowest BCUT2D eigenvalue weighted by Gasteiger charge is -2.42. The van der Waals surface area contributed by atoms with Gasteiger partial charge in [-0.25, -0.2) is 0 Å². The average Bonchev–Trinajstić information content (AvgIpc) is 2.87. The molecular formula is C34H66O6Si. The first-order chi connectivity index (χ1) is 20.1. The highest BCUT2D eigenvalue weighted by Gasteiger charge is 2.37. The van der Waals surface area contributed by atoms with E-state index in [1.807, 2.05) is 0 Å². The lowest BCUT2D eigenvalue weighted by Crippen LogP contribution is -2.39. The van der Waals surface area contributed by atoms with E-state index < -0.39 is 0 Å². The van der Waals surface area contributed by atoms with E-state index in [1.54, 1.807) is 0 Å². The number of ether oxygens (including phenoxy) is 5. The van der Waals surface area contributed by atoms with Crippen molar-refractivity contribution in [3.05, 3.63) is 0 Å². The van der Waals surface area contributed by atoms with Gasteiger partial charge in [-0.3, -0.25) is 0 Å². The molecule has 0 saturated carbocycles. The van der Waals surface area contributed by atoms with Crippen LogP contribution in [0.15, 0.2) is 0 Å². The molecule has 0 radical (unpaired) electrons. The molecule has 3 rings (SSSR count). The first-order valence-electron chi connectivity index (χ1n) is 17.6. The maximum atomic E-state index is 6.09. The van der Waals surface area contributed by atoms with Crippen molar-refractivity contribution in [2.75, 3.05) is 52.9 Å². The highest BCUT2D eigenvalue weighted by Crippen LogP contribution is 2.42. The monoisotopic (exact) mass is 598 g/mol. The van der Waals surface area contributed by atoms with Gasteiger partial charge in [0.2, 0.25) is 0 Å². The molecule has 7 heteroatoms. The summed E-state index contributed by atoms with van der Waals surface area (Å²) in [5.41, 5.74) is 0.284. The van der Waals surface area contributed by atoms with Crippen molar-refractivity contribution in [1.82, 2.24) is 0 Å². The molecule has 0 aromatic heterocycles. The molecule has 3 aliphatic rings. The largest absolute Gasteiger partial charge is 0.427 e. The summed E-state index contributed by atoms with van der Waals surface area (Å²) in [7, 11) is 0.817. The standard InChI is InChI=1S/C34H66O6Si/c1-4-13-30(33-16-23-39-33)24-34(27-40-41,17-9-7-11-19-35-25-28(5-2)31-14-21-37-31)18-10-8-12-20-36-26-29(6-3)32-15-22-38-32/h28-33H,4-27H2,1-3,41H3. The molecule has 0 aromatic carbocycles. The Morgan fingerprint density at radius 2 is 1.15 bits per heavy atom. The molecule has 6 nitrogen and oxygen atoms in total. The van der Waals surface area contributed by atoms with Gasteiger partial charge >= 0.3 is 0 Å². The van der Waals surface area contributed by atoms with Gasteiger partial charge < -0.3 is 28.1 Å². The summed E-state index contributed by atoms with van der Waals surface area (Å²) >= 11 is 0. The Morgan fingerprint density at radius 3 is 1.51 bits per heavy atom. The van der Waals surface area contributed by atoms with Gasteiger partial charge in [-0.2, -0.15) is 0 Å². The maximum absolute atomic E-state index is 6.09. The second-order valence-corrected chi connectivity index (χ2v) is 14.0. The van der Waals surface area contributed by atoms with Crippen LogP contribution in [0, 0.1) is 23.2 Å². The molecule has 6 unspecified atom stereocenters. The minimum absolute atomic E-state index is 0.284.